The van der Waals surface area contributed by atoms with Crippen LogP contribution in [0.5, 0.6) is 5.75 Å². The first-order chi connectivity index (χ1) is 12.0. The largest absolute Gasteiger partial charge is 0.495 e. The molecule has 0 spiro atoms. The maximum atomic E-state index is 12.4. The summed E-state index contributed by atoms with van der Waals surface area (Å²) in [5, 5.41) is 3.08. The van der Waals surface area contributed by atoms with E-state index in [2.05, 4.69) is 15.3 Å². The van der Waals surface area contributed by atoms with Crippen LogP contribution >= 0.6 is 34.7 Å². The van der Waals surface area contributed by atoms with E-state index in [1.807, 2.05) is 6.26 Å². The first-order valence-corrected chi connectivity index (χ1v) is 9.47. The molecule has 0 aliphatic carbocycles. The molecule has 2 heterocycles. The van der Waals surface area contributed by atoms with E-state index in [1.165, 1.54) is 41.1 Å². The molecule has 0 aliphatic rings. The van der Waals surface area contributed by atoms with Gasteiger partial charge >= 0.3 is 0 Å². The van der Waals surface area contributed by atoms with Crippen molar-refractivity contribution in [3.05, 3.63) is 39.9 Å². The van der Waals surface area contributed by atoms with Gasteiger partial charge in [-0.1, -0.05) is 23.4 Å². The van der Waals surface area contributed by atoms with Crippen LogP contribution in [0.25, 0.3) is 10.3 Å². The van der Waals surface area contributed by atoms with E-state index in [4.69, 9.17) is 16.3 Å². The van der Waals surface area contributed by atoms with Gasteiger partial charge in [-0.05, 0) is 24.5 Å². The van der Waals surface area contributed by atoms with Crippen molar-refractivity contribution in [1.29, 1.82) is 0 Å². The van der Waals surface area contributed by atoms with E-state index in [0.717, 1.165) is 4.34 Å². The van der Waals surface area contributed by atoms with Crippen LogP contribution in [0.15, 0.2) is 33.7 Å². The molecule has 1 N–H and O–H groups in total. The second-order valence-electron chi connectivity index (χ2n) is 4.91. The van der Waals surface area contributed by atoms with Gasteiger partial charge in [-0.2, -0.15) is 0 Å². The van der Waals surface area contributed by atoms with Gasteiger partial charge in [0, 0.05) is 5.69 Å². The molecule has 10 heteroatoms. The third-order valence-corrected chi connectivity index (χ3v) is 5.60. The number of aromatic nitrogens is 3. The SMILES string of the molecule is COc1ccc(NC(=O)Cn2cnc3nc(SC)sc3c2=O)cc1Cl. The molecule has 0 bridgehead atoms. The van der Waals surface area contributed by atoms with Gasteiger partial charge in [0.05, 0.1) is 12.1 Å². The van der Waals surface area contributed by atoms with Gasteiger partial charge in [-0.25, -0.2) is 9.97 Å². The molecule has 7 nitrogen and oxygen atoms in total. The first kappa shape index (κ1) is 17.7. The summed E-state index contributed by atoms with van der Waals surface area (Å²) in [6.07, 6.45) is 3.21. The zero-order valence-corrected chi connectivity index (χ0v) is 15.7. The van der Waals surface area contributed by atoms with Gasteiger partial charge in [0.1, 0.15) is 23.3 Å². The van der Waals surface area contributed by atoms with Gasteiger partial charge < -0.3 is 10.1 Å². The molecule has 3 rings (SSSR count). The molecule has 0 saturated carbocycles. The van der Waals surface area contributed by atoms with Crippen LogP contribution in [-0.2, 0) is 11.3 Å². The highest BCUT2D eigenvalue weighted by atomic mass is 35.5. The number of rotatable bonds is 5. The molecule has 1 aromatic carbocycles. The molecule has 0 saturated heterocycles. The molecule has 0 fully saturated rings. The Balaban J connectivity index is 1.79. The van der Waals surface area contributed by atoms with Gasteiger partial charge in [0.15, 0.2) is 9.99 Å². The molecule has 0 unspecified atom stereocenters. The van der Waals surface area contributed by atoms with Crippen molar-refractivity contribution in [3.8, 4) is 5.75 Å². The maximum absolute atomic E-state index is 12.4. The number of hydrogen-bond acceptors (Lipinski definition) is 7. The predicted octanol–water partition coefficient (Wildman–Crippen LogP) is 2.88. The smallest absolute Gasteiger partial charge is 0.273 e. The van der Waals surface area contributed by atoms with Crippen molar-refractivity contribution < 1.29 is 9.53 Å². The Labute approximate surface area is 156 Å². The fourth-order valence-electron chi connectivity index (χ4n) is 2.13. The minimum atomic E-state index is -0.362. The Morgan fingerprint density at radius 3 is 2.96 bits per heavy atom. The number of hydrogen-bond donors (Lipinski definition) is 1. The Bertz CT molecular complexity index is 1000. The summed E-state index contributed by atoms with van der Waals surface area (Å²) in [7, 11) is 1.51. The van der Waals surface area contributed by atoms with Crippen molar-refractivity contribution in [2.75, 3.05) is 18.7 Å². The van der Waals surface area contributed by atoms with Crippen LogP contribution in [0.1, 0.15) is 0 Å². The minimum Gasteiger partial charge on any atom is -0.495 e. The summed E-state index contributed by atoms with van der Waals surface area (Å²) in [4.78, 5) is 33.0. The summed E-state index contributed by atoms with van der Waals surface area (Å²) < 4.78 is 7.51. The number of anilines is 1. The fraction of sp³-hybridized carbons (Fsp3) is 0.200. The van der Waals surface area contributed by atoms with E-state index in [1.54, 1.807) is 18.2 Å². The lowest BCUT2D eigenvalue weighted by Crippen LogP contribution is -2.27. The van der Waals surface area contributed by atoms with Crippen molar-refractivity contribution in [1.82, 2.24) is 14.5 Å². The maximum Gasteiger partial charge on any atom is 0.273 e. The lowest BCUT2D eigenvalue weighted by molar-refractivity contribution is -0.116. The normalized spacial score (nSPS) is 10.8. The number of methoxy groups -OCH3 is 1. The summed E-state index contributed by atoms with van der Waals surface area (Å²) in [5.41, 5.74) is 0.629. The number of halogens is 1. The molecule has 130 valence electrons. The molecule has 0 radical (unpaired) electrons. The van der Waals surface area contributed by atoms with Crippen LogP contribution in [0.2, 0.25) is 5.02 Å². The highest BCUT2D eigenvalue weighted by Crippen LogP contribution is 2.27. The third kappa shape index (κ3) is 3.78. The van der Waals surface area contributed by atoms with Gasteiger partial charge in [-0.15, -0.1) is 11.3 Å². The van der Waals surface area contributed by atoms with Crippen LogP contribution in [0, 0.1) is 0 Å². The van der Waals surface area contributed by atoms with E-state index >= 15 is 0 Å². The number of thioether (sulfide) groups is 1. The number of benzene rings is 1. The van der Waals surface area contributed by atoms with Crippen LogP contribution in [-0.4, -0.2) is 33.8 Å². The highest BCUT2D eigenvalue weighted by Gasteiger charge is 2.13. The Morgan fingerprint density at radius 2 is 2.28 bits per heavy atom. The van der Waals surface area contributed by atoms with E-state index in [-0.39, 0.29) is 18.0 Å². The predicted molar refractivity (Wildman–Crippen MR) is 100 cm³/mol. The van der Waals surface area contributed by atoms with Gasteiger partial charge in [0.2, 0.25) is 5.91 Å². The lowest BCUT2D eigenvalue weighted by atomic mass is 10.3. The quantitative estimate of drug-likeness (QED) is 0.667. The minimum absolute atomic E-state index is 0.155. The summed E-state index contributed by atoms with van der Waals surface area (Å²) >= 11 is 8.75. The fourth-order valence-corrected chi connectivity index (χ4v) is 3.85. The number of amides is 1. The van der Waals surface area contributed by atoms with Crippen molar-refractivity contribution in [3.63, 3.8) is 0 Å². The van der Waals surface area contributed by atoms with Crippen molar-refractivity contribution in [2.45, 2.75) is 10.9 Å². The zero-order chi connectivity index (χ0) is 18.0. The second-order valence-corrected chi connectivity index (χ2v) is 7.37. The van der Waals surface area contributed by atoms with E-state index in [9.17, 15) is 9.59 Å². The Morgan fingerprint density at radius 1 is 1.48 bits per heavy atom. The third-order valence-electron chi connectivity index (χ3n) is 3.29. The zero-order valence-electron chi connectivity index (χ0n) is 13.3. The molecule has 0 aliphatic heterocycles. The number of carbonyl (C=O) groups is 1. The Kier molecular flexibility index (Phi) is 5.26. The number of nitrogens with zero attached hydrogens (tertiary/aromatic N) is 3. The Hall–Kier alpha value is -2.10. The molecular weight excluding hydrogens is 384 g/mol. The number of carbonyl (C=O) groups excluding carboxylic acids is 1. The van der Waals surface area contributed by atoms with Gasteiger partial charge in [-0.3, -0.25) is 14.2 Å². The molecule has 1 amide bonds. The average molecular weight is 397 g/mol. The number of thiazole rings is 1. The standard InChI is InChI=1S/C15H13ClN4O3S2/c1-23-10-4-3-8(5-9(10)16)18-11(21)6-20-7-17-13-12(14(20)22)25-15(19-13)24-2/h3-5,7H,6H2,1-2H3,(H,18,21). The molecule has 25 heavy (non-hydrogen) atoms. The number of nitrogens with one attached hydrogen (secondary N) is 1. The van der Waals surface area contributed by atoms with Crippen molar-refractivity contribution in [2.24, 2.45) is 0 Å². The van der Waals surface area contributed by atoms with Gasteiger partial charge in [0.25, 0.3) is 5.56 Å². The average Bonchev–Trinajstić information content (AvgIpc) is 3.02. The topological polar surface area (TPSA) is 86.1 Å². The monoisotopic (exact) mass is 396 g/mol. The number of ether oxygens (including phenoxy) is 1. The molecular formula is C15H13ClN4O3S2. The van der Waals surface area contributed by atoms with E-state index < -0.39 is 0 Å². The molecule has 0 atom stereocenters. The van der Waals surface area contributed by atoms with Crippen LogP contribution < -0.4 is 15.6 Å². The van der Waals surface area contributed by atoms with E-state index in [0.29, 0.717) is 26.8 Å². The first-order valence-electron chi connectivity index (χ1n) is 7.05. The summed E-state index contributed by atoms with van der Waals surface area (Å²) in [6.45, 7) is -0.155. The second kappa shape index (κ2) is 7.42. The summed E-state index contributed by atoms with van der Waals surface area (Å²) in [6, 6.07) is 4.90. The highest BCUT2D eigenvalue weighted by molar-refractivity contribution is 8.00. The van der Waals surface area contributed by atoms with Crippen LogP contribution in [0.3, 0.4) is 0 Å². The molecule has 2 aromatic heterocycles. The van der Waals surface area contributed by atoms with Crippen LogP contribution in [0.4, 0.5) is 5.69 Å². The lowest BCUT2D eigenvalue weighted by Gasteiger charge is -2.09. The molecule has 3 aromatic rings. The summed E-state index contributed by atoms with van der Waals surface area (Å²) in [5.74, 6) is 0.152. The number of fused-ring (bicyclic) bond motifs is 1. The van der Waals surface area contributed by atoms with Crippen molar-refractivity contribution >= 4 is 56.6 Å².